The Kier molecular flexibility index (Phi) is 14.4. The molecule has 0 aliphatic heterocycles. The molecule has 0 saturated carbocycles. The van der Waals surface area contributed by atoms with Crippen LogP contribution in [0, 0.1) is 11.8 Å². The number of nitrogens with one attached hydrogen (secondary N) is 5. The van der Waals surface area contributed by atoms with Gasteiger partial charge in [-0.25, -0.2) is 15.1 Å². The molecule has 0 radical (unpaired) electrons. The van der Waals surface area contributed by atoms with Crippen molar-refractivity contribution in [2.24, 2.45) is 0 Å². The van der Waals surface area contributed by atoms with Gasteiger partial charge < -0.3 is 35.8 Å². The fourth-order valence-electron chi connectivity index (χ4n) is 3.94. The predicted molar refractivity (Wildman–Crippen MR) is 177 cm³/mol. The number of carbonyl (C=O) groups excluding carboxylic acids is 5. The van der Waals surface area contributed by atoms with Crippen molar-refractivity contribution in [1.82, 2.24) is 21.4 Å². The third kappa shape index (κ3) is 14.5. The number of alkyl carbamates (subject to hydrolysis) is 2. The first-order valence-corrected chi connectivity index (χ1v) is 15.3. The monoisotopic (exact) mass is 667 g/mol. The molecule has 0 aliphatic carbocycles. The maximum Gasteiger partial charge on any atom is 0.408 e. The molecule has 0 saturated heterocycles. The highest BCUT2D eigenvalue weighted by Crippen LogP contribution is 2.13. The number of benzene rings is 2. The van der Waals surface area contributed by atoms with E-state index in [2.05, 4.69) is 33.1 Å². The Morgan fingerprint density at radius 1 is 0.771 bits per heavy atom. The summed E-state index contributed by atoms with van der Waals surface area (Å²) >= 11 is 0. The Hall–Kier alpha value is -5.13. The van der Waals surface area contributed by atoms with Crippen LogP contribution in [-0.2, 0) is 19.1 Å². The maximum atomic E-state index is 13.1. The molecule has 0 fully saturated rings. The average Bonchev–Trinajstić information content (AvgIpc) is 2.98. The number of hydroxylamine groups is 1. The first-order chi connectivity index (χ1) is 22.4. The van der Waals surface area contributed by atoms with Crippen LogP contribution in [0.2, 0.25) is 0 Å². The van der Waals surface area contributed by atoms with Crippen molar-refractivity contribution in [3.63, 3.8) is 0 Å². The van der Waals surface area contributed by atoms with Crippen molar-refractivity contribution in [2.45, 2.75) is 90.7 Å². The van der Waals surface area contributed by atoms with Crippen LogP contribution in [0.5, 0.6) is 0 Å². The van der Waals surface area contributed by atoms with Gasteiger partial charge in [0.15, 0.2) is 0 Å². The Morgan fingerprint density at radius 3 is 1.79 bits per heavy atom. The Balaban J connectivity index is 2.03. The second-order valence-electron chi connectivity index (χ2n) is 12.8. The lowest BCUT2D eigenvalue weighted by molar-refractivity contribution is -0.133. The molecule has 0 aliphatic rings. The molecule has 5 amide bonds. The quantitative estimate of drug-likeness (QED) is 0.0812. The predicted octanol–water partition coefficient (Wildman–Crippen LogP) is 3.21. The van der Waals surface area contributed by atoms with Crippen molar-refractivity contribution < 1.29 is 43.8 Å². The summed E-state index contributed by atoms with van der Waals surface area (Å²) in [5.41, 5.74) is 1.92. The maximum absolute atomic E-state index is 13.1. The number of aliphatic hydroxyl groups is 1. The zero-order chi connectivity index (χ0) is 36.1. The fraction of sp³-hybridized carbons (Fsp3) is 0.441. The molecule has 2 rings (SSSR count). The zero-order valence-electron chi connectivity index (χ0n) is 28.2. The molecule has 0 unspecified atom stereocenters. The second-order valence-corrected chi connectivity index (χ2v) is 12.8. The molecule has 0 bridgehead atoms. The van der Waals surface area contributed by atoms with Crippen molar-refractivity contribution in [3.8, 4) is 11.8 Å². The van der Waals surface area contributed by atoms with E-state index in [1.165, 1.54) is 24.5 Å². The third-order valence-electron chi connectivity index (χ3n) is 6.16. The van der Waals surface area contributed by atoms with Crippen LogP contribution in [0.3, 0.4) is 0 Å². The summed E-state index contributed by atoms with van der Waals surface area (Å²) in [5, 5.41) is 28.9. The molecule has 14 heteroatoms. The lowest BCUT2D eigenvalue weighted by Gasteiger charge is -2.23. The number of amides is 5. The van der Waals surface area contributed by atoms with E-state index in [9.17, 15) is 29.1 Å². The molecule has 0 aromatic heterocycles. The third-order valence-corrected chi connectivity index (χ3v) is 6.16. The summed E-state index contributed by atoms with van der Waals surface area (Å²) in [7, 11) is 0. The van der Waals surface area contributed by atoms with Crippen LogP contribution >= 0.6 is 0 Å². The summed E-state index contributed by atoms with van der Waals surface area (Å²) in [5.74, 6) is 3.92. The minimum atomic E-state index is -1.34. The summed E-state index contributed by atoms with van der Waals surface area (Å²) in [6, 6.07) is 10.7. The molecule has 48 heavy (non-hydrogen) atoms. The SMILES string of the molecule is C[C@@H](O)[C@H](NC(=O)c1ccc(C#Cc2ccc(NC(=O)[C@@H](CCCNC(=O)OC(C)(C)C)NC(=O)OC(C)(C)C)cc2)cc1)C(=O)NO. The van der Waals surface area contributed by atoms with Crippen molar-refractivity contribution >= 4 is 35.6 Å². The van der Waals surface area contributed by atoms with Crippen molar-refractivity contribution in [1.29, 1.82) is 0 Å². The smallest absolute Gasteiger partial charge is 0.408 e. The van der Waals surface area contributed by atoms with E-state index in [1.807, 2.05) is 0 Å². The van der Waals surface area contributed by atoms with E-state index in [-0.39, 0.29) is 18.5 Å². The summed E-state index contributed by atoms with van der Waals surface area (Å²) in [4.78, 5) is 61.7. The standard InChI is InChI=1S/C34H45N5O9/c1-21(40)27(30(43)39-46)38-28(41)24-16-12-22(13-17-24)10-11-23-14-18-25(19-15-23)36-29(42)26(37-32(45)48-34(5,6)7)9-8-20-35-31(44)47-33(2,3)4/h12-19,21,26-27,40,46H,8-9,20H2,1-7H3,(H,35,44)(H,36,42)(H,37,45)(H,38,41)(H,39,43)/t21-,26-,27+/m1/s1. The second kappa shape index (κ2) is 17.7. The van der Waals surface area contributed by atoms with Gasteiger partial charge in [-0.1, -0.05) is 11.8 Å². The van der Waals surface area contributed by atoms with Crippen LogP contribution in [0.25, 0.3) is 0 Å². The number of carbonyl (C=O) groups is 5. The highest BCUT2D eigenvalue weighted by atomic mass is 16.6. The van der Waals surface area contributed by atoms with Gasteiger partial charge in [0.05, 0.1) is 6.10 Å². The number of rotatable bonds is 11. The Labute approximate surface area is 280 Å². The highest BCUT2D eigenvalue weighted by molar-refractivity contribution is 5.98. The van der Waals surface area contributed by atoms with E-state index >= 15 is 0 Å². The van der Waals surface area contributed by atoms with Gasteiger partial charge >= 0.3 is 12.2 Å². The number of hydrogen-bond donors (Lipinski definition) is 7. The average molecular weight is 668 g/mol. The van der Waals surface area contributed by atoms with Gasteiger partial charge in [0.1, 0.15) is 23.3 Å². The molecule has 7 N–H and O–H groups in total. The molecular formula is C34H45N5O9. The number of aliphatic hydroxyl groups excluding tert-OH is 1. The lowest BCUT2D eigenvalue weighted by Crippen LogP contribution is -2.51. The van der Waals surface area contributed by atoms with Crippen LogP contribution in [0.1, 0.15) is 82.8 Å². The first kappa shape index (κ1) is 39.1. The summed E-state index contributed by atoms with van der Waals surface area (Å²) in [6.45, 7) is 11.9. The van der Waals surface area contributed by atoms with Crippen LogP contribution in [0.15, 0.2) is 48.5 Å². The Morgan fingerprint density at radius 2 is 1.29 bits per heavy atom. The van der Waals surface area contributed by atoms with Crippen molar-refractivity contribution in [3.05, 3.63) is 65.2 Å². The van der Waals surface area contributed by atoms with Gasteiger partial charge in [0.25, 0.3) is 11.8 Å². The molecule has 0 spiro atoms. The zero-order valence-corrected chi connectivity index (χ0v) is 28.2. The van der Waals surface area contributed by atoms with Crippen LogP contribution < -0.4 is 26.7 Å². The minimum absolute atomic E-state index is 0.212. The number of hydrogen-bond acceptors (Lipinski definition) is 9. The van der Waals surface area contributed by atoms with Crippen LogP contribution in [-0.4, -0.2) is 76.2 Å². The molecule has 3 atom stereocenters. The van der Waals surface area contributed by atoms with Gasteiger partial charge in [-0.2, -0.15) is 0 Å². The first-order valence-electron chi connectivity index (χ1n) is 15.3. The van der Waals surface area contributed by atoms with E-state index in [0.717, 1.165) is 0 Å². The normalized spacial score (nSPS) is 12.9. The summed E-state index contributed by atoms with van der Waals surface area (Å²) < 4.78 is 10.5. The number of ether oxygens (including phenoxy) is 2. The molecule has 2 aromatic rings. The van der Waals surface area contributed by atoms with E-state index < -0.39 is 59.3 Å². The van der Waals surface area contributed by atoms with Gasteiger partial charge in [0, 0.05) is 28.9 Å². The van der Waals surface area contributed by atoms with Crippen molar-refractivity contribution in [2.75, 3.05) is 11.9 Å². The van der Waals surface area contributed by atoms with Gasteiger partial charge in [-0.15, -0.1) is 0 Å². The highest BCUT2D eigenvalue weighted by Gasteiger charge is 2.26. The van der Waals surface area contributed by atoms with Crippen LogP contribution in [0.4, 0.5) is 15.3 Å². The van der Waals surface area contributed by atoms with Gasteiger partial charge in [-0.05, 0) is 110 Å². The Bertz CT molecular complexity index is 1480. The molecule has 14 nitrogen and oxygen atoms in total. The van der Waals surface area contributed by atoms with Gasteiger partial charge in [-0.3, -0.25) is 19.6 Å². The minimum Gasteiger partial charge on any atom is -0.444 e. The fourth-order valence-corrected chi connectivity index (χ4v) is 3.94. The van der Waals surface area contributed by atoms with E-state index in [4.69, 9.17) is 14.7 Å². The summed E-state index contributed by atoms with van der Waals surface area (Å²) in [6.07, 6.45) is -1.98. The lowest BCUT2D eigenvalue weighted by atomic mass is 10.1. The molecule has 260 valence electrons. The topological polar surface area (TPSA) is 204 Å². The number of anilines is 1. The van der Waals surface area contributed by atoms with E-state index in [1.54, 1.807) is 77.9 Å². The van der Waals surface area contributed by atoms with E-state index in [0.29, 0.717) is 23.2 Å². The largest absolute Gasteiger partial charge is 0.444 e. The molecule has 2 aromatic carbocycles. The molecular weight excluding hydrogens is 622 g/mol. The van der Waals surface area contributed by atoms with Gasteiger partial charge in [0.2, 0.25) is 5.91 Å². The molecule has 0 heterocycles.